The summed E-state index contributed by atoms with van der Waals surface area (Å²) in [5.74, 6) is 0.767. The molecule has 2 atom stereocenters. The summed E-state index contributed by atoms with van der Waals surface area (Å²) in [6.07, 6.45) is 3.92. The second-order valence-corrected chi connectivity index (χ2v) is 4.96. The minimum Gasteiger partial charge on any atom is -0.0836 e. The number of alkyl halides is 1. The van der Waals surface area contributed by atoms with Gasteiger partial charge in [0.05, 0.1) is 0 Å². The maximum atomic E-state index is 3.80. The molecule has 13 heavy (non-hydrogen) atoms. The number of rotatable bonds is 0. The minimum atomic E-state index is 0.561. The molecule has 0 amide bonds. The van der Waals surface area contributed by atoms with Gasteiger partial charge in [-0.15, -0.1) is 0 Å². The highest BCUT2D eigenvalue weighted by Crippen LogP contribution is 2.38. The van der Waals surface area contributed by atoms with Crippen LogP contribution in [0.25, 0.3) is 0 Å². The molecule has 0 aliphatic heterocycles. The molecule has 0 spiro atoms. The molecule has 0 aromatic heterocycles. The van der Waals surface area contributed by atoms with E-state index in [2.05, 4.69) is 47.1 Å². The molecule has 1 aliphatic carbocycles. The average molecular weight is 239 g/mol. The smallest absolute Gasteiger partial charge is 0.0423 e. The Morgan fingerprint density at radius 1 is 1.31 bits per heavy atom. The minimum absolute atomic E-state index is 0.561. The Hall–Kier alpha value is -0.300. The Labute approximate surface area is 88.5 Å². The van der Waals surface area contributed by atoms with Crippen molar-refractivity contribution in [2.75, 3.05) is 0 Å². The number of halogens is 1. The maximum Gasteiger partial charge on any atom is 0.0423 e. The molecule has 70 valence electrons. The van der Waals surface area contributed by atoms with E-state index in [0.717, 1.165) is 5.92 Å². The lowest BCUT2D eigenvalue weighted by molar-refractivity contribution is 0.523. The van der Waals surface area contributed by atoms with Crippen LogP contribution in [0.15, 0.2) is 24.3 Å². The van der Waals surface area contributed by atoms with Crippen molar-refractivity contribution >= 4 is 15.9 Å². The zero-order valence-corrected chi connectivity index (χ0v) is 9.55. The summed E-state index contributed by atoms with van der Waals surface area (Å²) >= 11 is 3.80. The fourth-order valence-electron chi connectivity index (χ4n) is 2.10. The number of aryl methyl sites for hydroxylation is 1. The second-order valence-electron chi connectivity index (χ2n) is 3.97. The summed E-state index contributed by atoms with van der Waals surface area (Å²) in [5.41, 5.74) is 3.04. The predicted octanol–water partition coefficient (Wildman–Crippen LogP) is 4.10. The van der Waals surface area contributed by atoms with Crippen molar-refractivity contribution in [2.45, 2.75) is 31.0 Å². The van der Waals surface area contributed by atoms with Gasteiger partial charge in [-0.1, -0.05) is 47.1 Å². The van der Waals surface area contributed by atoms with Crippen LogP contribution in [0.1, 0.15) is 35.7 Å². The van der Waals surface area contributed by atoms with Gasteiger partial charge in [-0.05, 0) is 36.3 Å². The largest absolute Gasteiger partial charge is 0.0836 e. The van der Waals surface area contributed by atoms with Gasteiger partial charge in [0.2, 0.25) is 0 Å². The van der Waals surface area contributed by atoms with E-state index in [1.807, 2.05) is 0 Å². The van der Waals surface area contributed by atoms with Crippen molar-refractivity contribution in [1.29, 1.82) is 0 Å². The third kappa shape index (κ3) is 1.80. The van der Waals surface area contributed by atoms with Crippen LogP contribution in [0.5, 0.6) is 0 Å². The van der Waals surface area contributed by atoms with Crippen LogP contribution < -0.4 is 0 Å². The Balaban J connectivity index is 2.40. The average Bonchev–Trinajstić information content (AvgIpc) is 2.29. The summed E-state index contributed by atoms with van der Waals surface area (Å²) in [4.78, 5) is 0.561. The van der Waals surface area contributed by atoms with Gasteiger partial charge >= 0.3 is 0 Å². The van der Waals surface area contributed by atoms with Gasteiger partial charge in [-0.25, -0.2) is 0 Å². The Bertz CT molecular complexity index is 293. The molecule has 0 fully saturated rings. The lowest BCUT2D eigenvalue weighted by Gasteiger charge is -2.16. The molecule has 2 rings (SSSR count). The van der Waals surface area contributed by atoms with Gasteiger partial charge in [0.1, 0.15) is 0 Å². The number of hydrogen-bond donors (Lipinski definition) is 0. The quantitative estimate of drug-likeness (QED) is 0.472. The highest BCUT2D eigenvalue weighted by molar-refractivity contribution is 9.09. The fourth-order valence-corrected chi connectivity index (χ4v) is 2.81. The van der Waals surface area contributed by atoms with Crippen LogP contribution in [0, 0.1) is 5.92 Å². The molecule has 0 saturated heterocycles. The molecule has 0 radical (unpaired) electrons. The van der Waals surface area contributed by atoms with Crippen molar-refractivity contribution < 1.29 is 0 Å². The monoisotopic (exact) mass is 238 g/mol. The summed E-state index contributed by atoms with van der Waals surface area (Å²) in [5, 5.41) is 0. The Morgan fingerprint density at radius 2 is 2.08 bits per heavy atom. The van der Waals surface area contributed by atoms with Crippen molar-refractivity contribution in [2.24, 2.45) is 5.92 Å². The van der Waals surface area contributed by atoms with Gasteiger partial charge in [-0.3, -0.25) is 0 Å². The predicted molar refractivity (Wildman–Crippen MR) is 60.2 cm³/mol. The maximum absolute atomic E-state index is 3.80. The first-order valence-corrected chi connectivity index (χ1v) is 5.92. The molecular formula is C12H15Br. The van der Waals surface area contributed by atoms with Gasteiger partial charge in [0.25, 0.3) is 0 Å². The normalized spacial score (nSPS) is 27.8. The van der Waals surface area contributed by atoms with Crippen LogP contribution >= 0.6 is 15.9 Å². The summed E-state index contributed by atoms with van der Waals surface area (Å²) in [6.45, 7) is 2.33. The second kappa shape index (κ2) is 3.83. The first-order chi connectivity index (χ1) is 6.29. The molecule has 0 nitrogen and oxygen atoms in total. The van der Waals surface area contributed by atoms with Crippen molar-refractivity contribution in [1.82, 2.24) is 0 Å². The topological polar surface area (TPSA) is 0 Å². The van der Waals surface area contributed by atoms with E-state index in [1.165, 1.54) is 30.4 Å². The van der Waals surface area contributed by atoms with Crippen molar-refractivity contribution in [3.05, 3.63) is 35.4 Å². The molecular weight excluding hydrogens is 224 g/mol. The molecule has 0 saturated carbocycles. The fraction of sp³-hybridized carbons (Fsp3) is 0.500. The van der Waals surface area contributed by atoms with Crippen LogP contribution in [0.3, 0.4) is 0 Å². The first kappa shape index (κ1) is 9.26. The van der Waals surface area contributed by atoms with E-state index in [0.29, 0.717) is 4.83 Å². The molecule has 0 heterocycles. The Morgan fingerprint density at radius 3 is 2.92 bits per heavy atom. The van der Waals surface area contributed by atoms with E-state index < -0.39 is 0 Å². The lowest BCUT2D eigenvalue weighted by atomic mass is 9.98. The third-order valence-electron chi connectivity index (χ3n) is 2.96. The zero-order valence-electron chi connectivity index (χ0n) is 7.96. The van der Waals surface area contributed by atoms with Gasteiger partial charge < -0.3 is 0 Å². The Kier molecular flexibility index (Phi) is 2.73. The standard InChI is InChI=1S/C12H15Br/c1-9-5-4-7-10-6-2-3-8-11(10)12(9)13/h2-3,6,8-9,12H,4-5,7H2,1H3. The van der Waals surface area contributed by atoms with Crippen LogP contribution in [-0.2, 0) is 6.42 Å². The lowest BCUT2D eigenvalue weighted by Crippen LogP contribution is -2.01. The molecule has 1 aliphatic rings. The molecule has 1 aromatic carbocycles. The number of benzene rings is 1. The zero-order chi connectivity index (χ0) is 9.26. The van der Waals surface area contributed by atoms with E-state index in [-0.39, 0.29) is 0 Å². The molecule has 2 unspecified atom stereocenters. The van der Waals surface area contributed by atoms with Gasteiger partial charge in [0, 0.05) is 4.83 Å². The SMILES string of the molecule is CC1CCCc2ccccc2C1Br. The van der Waals surface area contributed by atoms with Crippen LogP contribution in [0.4, 0.5) is 0 Å². The molecule has 1 aromatic rings. The van der Waals surface area contributed by atoms with Crippen LogP contribution in [0.2, 0.25) is 0 Å². The van der Waals surface area contributed by atoms with Crippen molar-refractivity contribution in [3.8, 4) is 0 Å². The third-order valence-corrected chi connectivity index (χ3v) is 4.35. The number of hydrogen-bond acceptors (Lipinski definition) is 0. The van der Waals surface area contributed by atoms with E-state index in [4.69, 9.17) is 0 Å². The summed E-state index contributed by atoms with van der Waals surface area (Å²) < 4.78 is 0. The van der Waals surface area contributed by atoms with Gasteiger partial charge in [0.15, 0.2) is 0 Å². The molecule has 0 N–H and O–H groups in total. The summed E-state index contributed by atoms with van der Waals surface area (Å²) in [7, 11) is 0. The van der Waals surface area contributed by atoms with E-state index in [9.17, 15) is 0 Å². The van der Waals surface area contributed by atoms with Crippen molar-refractivity contribution in [3.63, 3.8) is 0 Å². The van der Waals surface area contributed by atoms with E-state index in [1.54, 1.807) is 0 Å². The van der Waals surface area contributed by atoms with E-state index >= 15 is 0 Å². The first-order valence-electron chi connectivity index (χ1n) is 5.01. The van der Waals surface area contributed by atoms with Crippen LogP contribution in [-0.4, -0.2) is 0 Å². The molecule has 0 bridgehead atoms. The highest BCUT2D eigenvalue weighted by atomic mass is 79.9. The van der Waals surface area contributed by atoms with Gasteiger partial charge in [-0.2, -0.15) is 0 Å². The summed E-state index contributed by atoms with van der Waals surface area (Å²) in [6, 6.07) is 8.82. The number of fused-ring (bicyclic) bond motifs is 1. The molecule has 1 heteroatoms. The highest BCUT2D eigenvalue weighted by Gasteiger charge is 2.21.